The number of ether oxygens (including phenoxy) is 1. The van der Waals surface area contributed by atoms with Gasteiger partial charge in [0.15, 0.2) is 0 Å². The van der Waals surface area contributed by atoms with Crippen molar-refractivity contribution in [1.29, 1.82) is 0 Å². The highest BCUT2D eigenvalue weighted by molar-refractivity contribution is 5.70. The maximum Gasteiger partial charge on any atom is 0.308 e. The molecule has 3 nitrogen and oxygen atoms in total. The molecule has 0 aliphatic rings. The molecule has 1 unspecified atom stereocenters. The lowest BCUT2D eigenvalue weighted by atomic mass is 10.1. The molecule has 0 aromatic rings. The smallest absolute Gasteiger partial charge is 0.308 e. The Kier molecular flexibility index (Phi) is 5.37. The number of rotatable bonds is 5. The minimum atomic E-state index is -0.609. The van der Waals surface area contributed by atoms with Gasteiger partial charge in [-0.2, -0.15) is 0 Å². The van der Waals surface area contributed by atoms with Crippen molar-refractivity contribution in [2.75, 3.05) is 6.61 Å². The summed E-state index contributed by atoms with van der Waals surface area (Å²) < 4.78 is 4.70. The van der Waals surface area contributed by atoms with Crippen LogP contribution < -0.4 is 0 Å². The minimum Gasteiger partial charge on any atom is -0.461 e. The Morgan fingerprint density at radius 2 is 2.25 bits per heavy atom. The Morgan fingerprint density at radius 1 is 1.67 bits per heavy atom. The third-order valence-corrected chi connectivity index (χ3v) is 1.51. The van der Waals surface area contributed by atoms with E-state index in [-0.39, 0.29) is 24.9 Å². The molecule has 1 N–H and O–H groups in total. The highest BCUT2D eigenvalue weighted by Crippen LogP contribution is 2.05. The monoisotopic (exact) mass is 172 g/mol. The molecule has 0 aromatic heterocycles. The van der Waals surface area contributed by atoms with Crippen LogP contribution in [0.2, 0.25) is 0 Å². The predicted octanol–water partition coefficient (Wildman–Crippen LogP) is 1.12. The van der Waals surface area contributed by atoms with E-state index in [0.717, 1.165) is 0 Å². The number of aliphatic hydroxyl groups is 1. The van der Waals surface area contributed by atoms with E-state index in [9.17, 15) is 9.90 Å². The van der Waals surface area contributed by atoms with Crippen LogP contribution in [0.5, 0.6) is 0 Å². The lowest BCUT2D eigenvalue weighted by molar-refractivity contribution is -0.145. The van der Waals surface area contributed by atoms with Gasteiger partial charge < -0.3 is 9.84 Å². The summed E-state index contributed by atoms with van der Waals surface area (Å²) in [5, 5.41) is 9.27. The van der Waals surface area contributed by atoms with Gasteiger partial charge in [-0.1, -0.05) is 26.5 Å². The van der Waals surface area contributed by atoms with Gasteiger partial charge >= 0.3 is 5.97 Å². The molecule has 0 saturated carbocycles. The molecule has 0 bridgehead atoms. The van der Waals surface area contributed by atoms with Crippen LogP contribution in [0.15, 0.2) is 12.7 Å². The molecular formula is C9H16O3. The fourth-order valence-corrected chi connectivity index (χ4v) is 0.617. The van der Waals surface area contributed by atoms with Crippen molar-refractivity contribution >= 4 is 5.97 Å². The molecule has 0 radical (unpaired) electrons. The summed E-state index contributed by atoms with van der Waals surface area (Å²) in [6, 6.07) is 0. The highest BCUT2D eigenvalue weighted by Gasteiger charge is 2.14. The van der Waals surface area contributed by atoms with Crippen molar-refractivity contribution in [3.8, 4) is 0 Å². The molecule has 0 spiro atoms. The van der Waals surface area contributed by atoms with Crippen LogP contribution in [0.3, 0.4) is 0 Å². The number of carbonyl (C=O) groups is 1. The molecule has 0 amide bonds. The van der Waals surface area contributed by atoms with E-state index in [4.69, 9.17) is 4.74 Å². The number of aliphatic hydroxyl groups excluding tert-OH is 1. The van der Waals surface area contributed by atoms with Crippen molar-refractivity contribution in [3.05, 3.63) is 12.7 Å². The molecule has 3 heteroatoms. The Morgan fingerprint density at radius 3 is 2.67 bits per heavy atom. The first-order valence-corrected chi connectivity index (χ1v) is 4.02. The average Bonchev–Trinajstić information content (AvgIpc) is 2.00. The zero-order valence-corrected chi connectivity index (χ0v) is 7.62. The normalized spacial score (nSPS) is 12.7. The lowest BCUT2D eigenvalue weighted by Crippen LogP contribution is -2.20. The molecule has 0 fully saturated rings. The second-order valence-electron chi connectivity index (χ2n) is 2.99. The van der Waals surface area contributed by atoms with Crippen molar-refractivity contribution < 1.29 is 14.6 Å². The topological polar surface area (TPSA) is 46.5 Å². The summed E-state index contributed by atoms with van der Waals surface area (Å²) >= 11 is 0. The molecule has 0 aliphatic carbocycles. The summed E-state index contributed by atoms with van der Waals surface area (Å²) in [4.78, 5) is 10.9. The molecule has 0 heterocycles. The van der Waals surface area contributed by atoms with Crippen LogP contribution in [-0.4, -0.2) is 23.8 Å². The first-order valence-electron chi connectivity index (χ1n) is 4.02. The van der Waals surface area contributed by atoms with Gasteiger partial charge in [0, 0.05) is 0 Å². The summed E-state index contributed by atoms with van der Waals surface area (Å²) in [5.41, 5.74) is 0. The van der Waals surface area contributed by atoms with Crippen molar-refractivity contribution in [1.82, 2.24) is 0 Å². The number of carbonyl (C=O) groups excluding carboxylic acids is 1. The highest BCUT2D eigenvalue weighted by atomic mass is 16.5. The maximum absolute atomic E-state index is 10.9. The van der Waals surface area contributed by atoms with Crippen LogP contribution in [0.25, 0.3) is 0 Å². The van der Waals surface area contributed by atoms with Crippen LogP contribution in [0.4, 0.5) is 0 Å². The fraction of sp³-hybridized carbons (Fsp3) is 0.667. The molecular weight excluding hydrogens is 156 g/mol. The van der Waals surface area contributed by atoms with Crippen molar-refractivity contribution in [2.45, 2.75) is 26.4 Å². The van der Waals surface area contributed by atoms with E-state index in [1.165, 1.54) is 6.08 Å². The largest absolute Gasteiger partial charge is 0.461 e. The quantitative estimate of drug-likeness (QED) is 0.499. The maximum atomic E-state index is 10.9. The molecule has 70 valence electrons. The van der Waals surface area contributed by atoms with Crippen LogP contribution in [0, 0.1) is 5.92 Å². The number of hydrogen-bond donors (Lipinski definition) is 1. The van der Waals surface area contributed by atoms with Gasteiger partial charge in [0.1, 0.15) is 6.61 Å². The predicted molar refractivity (Wildman–Crippen MR) is 46.6 cm³/mol. The molecule has 12 heavy (non-hydrogen) atoms. The third-order valence-electron chi connectivity index (χ3n) is 1.51. The molecule has 0 saturated heterocycles. The number of hydrogen-bond acceptors (Lipinski definition) is 3. The van der Waals surface area contributed by atoms with Gasteiger partial charge in [-0.05, 0) is 5.92 Å². The van der Waals surface area contributed by atoms with Gasteiger partial charge in [-0.15, -0.1) is 0 Å². The first kappa shape index (κ1) is 11.2. The second-order valence-corrected chi connectivity index (χ2v) is 2.99. The lowest BCUT2D eigenvalue weighted by Gasteiger charge is -2.12. The zero-order chi connectivity index (χ0) is 9.56. The Bertz CT molecular complexity index is 152. The summed E-state index contributed by atoms with van der Waals surface area (Å²) in [6.45, 7) is 7.32. The summed E-state index contributed by atoms with van der Waals surface area (Å²) in [5.74, 6) is -0.294. The Hall–Kier alpha value is -0.830. The number of esters is 1. The van der Waals surface area contributed by atoms with Crippen LogP contribution in [-0.2, 0) is 9.53 Å². The molecule has 0 aliphatic heterocycles. The van der Waals surface area contributed by atoms with E-state index in [0.29, 0.717) is 0 Å². The van der Waals surface area contributed by atoms with Gasteiger partial charge in [0.25, 0.3) is 0 Å². The third kappa shape index (κ3) is 4.91. The van der Waals surface area contributed by atoms with E-state index >= 15 is 0 Å². The Labute approximate surface area is 73.0 Å². The van der Waals surface area contributed by atoms with E-state index in [1.54, 1.807) is 0 Å². The summed E-state index contributed by atoms with van der Waals surface area (Å²) in [6.07, 6.45) is 0.952. The zero-order valence-electron chi connectivity index (χ0n) is 7.62. The first-order chi connectivity index (χ1) is 5.57. The Balaban J connectivity index is 3.61. The van der Waals surface area contributed by atoms with Crippen LogP contribution in [0.1, 0.15) is 20.3 Å². The second kappa shape index (κ2) is 5.77. The molecule has 1 atom stereocenters. The van der Waals surface area contributed by atoms with Gasteiger partial charge in [-0.25, -0.2) is 0 Å². The van der Waals surface area contributed by atoms with Gasteiger partial charge in [0.05, 0.1) is 12.5 Å². The van der Waals surface area contributed by atoms with Gasteiger partial charge in [0.2, 0.25) is 0 Å². The summed E-state index contributed by atoms with van der Waals surface area (Å²) in [7, 11) is 0. The SMILES string of the molecule is C=CCOC(=O)CC(O)C(C)C. The van der Waals surface area contributed by atoms with Crippen molar-refractivity contribution in [2.24, 2.45) is 5.92 Å². The average molecular weight is 172 g/mol. The minimum absolute atomic E-state index is 0.0610. The molecule has 0 aromatic carbocycles. The van der Waals surface area contributed by atoms with E-state index < -0.39 is 6.10 Å². The fourth-order valence-electron chi connectivity index (χ4n) is 0.617. The standard InChI is InChI=1S/C9H16O3/c1-4-5-12-9(11)6-8(10)7(2)3/h4,7-8,10H,1,5-6H2,2-3H3. The molecule has 0 rings (SSSR count). The van der Waals surface area contributed by atoms with Crippen molar-refractivity contribution in [3.63, 3.8) is 0 Å². The van der Waals surface area contributed by atoms with Gasteiger partial charge in [-0.3, -0.25) is 4.79 Å². The van der Waals surface area contributed by atoms with Crippen LogP contribution >= 0.6 is 0 Å². The van der Waals surface area contributed by atoms with E-state index in [2.05, 4.69) is 6.58 Å². The van der Waals surface area contributed by atoms with E-state index in [1.807, 2.05) is 13.8 Å².